The van der Waals surface area contributed by atoms with Crippen molar-refractivity contribution in [2.45, 2.75) is 46.0 Å². The second kappa shape index (κ2) is 11.0. The summed E-state index contributed by atoms with van der Waals surface area (Å²) in [4.78, 5) is 46.8. The summed E-state index contributed by atoms with van der Waals surface area (Å²) in [5.74, 6) is -1.75. The van der Waals surface area contributed by atoms with Gasteiger partial charge in [-0.15, -0.1) is 0 Å². The molecule has 1 aromatic carbocycles. The summed E-state index contributed by atoms with van der Waals surface area (Å²) in [5.41, 5.74) is 2.14. The molecule has 0 radical (unpaired) electrons. The molecule has 0 unspecified atom stereocenters. The molecule has 8 nitrogen and oxygen atoms in total. The molecule has 29 heavy (non-hydrogen) atoms. The number of amides is 3. The van der Waals surface area contributed by atoms with Crippen LogP contribution < -0.4 is 16.0 Å². The Balaban J connectivity index is 1.89. The third-order valence-corrected chi connectivity index (χ3v) is 4.30. The fourth-order valence-electron chi connectivity index (χ4n) is 3.06. The van der Waals surface area contributed by atoms with E-state index in [0.29, 0.717) is 17.9 Å². The third kappa shape index (κ3) is 8.16. The van der Waals surface area contributed by atoms with Crippen molar-refractivity contribution in [3.63, 3.8) is 0 Å². The van der Waals surface area contributed by atoms with Gasteiger partial charge in [-0.05, 0) is 50.3 Å². The molecule has 0 aromatic heterocycles. The summed E-state index contributed by atoms with van der Waals surface area (Å²) in [6.45, 7) is 2.76. The van der Waals surface area contributed by atoms with Crippen LogP contribution in [0.1, 0.15) is 56.3 Å². The molecule has 0 bridgehead atoms. The van der Waals surface area contributed by atoms with E-state index in [1.54, 1.807) is 0 Å². The topological polar surface area (TPSA) is 114 Å². The monoisotopic (exact) mass is 401 g/mol. The summed E-state index contributed by atoms with van der Waals surface area (Å²) in [6, 6.07) is 4.36. The summed E-state index contributed by atoms with van der Waals surface area (Å²) in [6.07, 6.45) is 7.61. The lowest BCUT2D eigenvalue weighted by Crippen LogP contribution is -2.30. The molecule has 0 saturated heterocycles. The summed E-state index contributed by atoms with van der Waals surface area (Å²) in [5, 5.41) is 7.85. The molecule has 156 valence electrons. The van der Waals surface area contributed by atoms with E-state index in [1.165, 1.54) is 50.5 Å². The Morgan fingerprint density at radius 1 is 0.966 bits per heavy atom. The Labute approximate surface area is 170 Å². The van der Waals surface area contributed by atoms with Gasteiger partial charge in [0.15, 0.2) is 6.61 Å². The van der Waals surface area contributed by atoms with E-state index in [-0.39, 0.29) is 23.3 Å². The quantitative estimate of drug-likeness (QED) is 0.458. The number of anilines is 2. The predicted octanol–water partition coefficient (Wildman–Crippen LogP) is 2.77. The van der Waals surface area contributed by atoms with Gasteiger partial charge in [0.2, 0.25) is 11.8 Å². The molecule has 0 fully saturated rings. The van der Waals surface area contributed by atoms with Crippen LogP contribution in [0.25, 0.3) is 0 Å². The third-order valence-electron chi connectivity index (χ3n) is 4.30. The van der Waals surface area contributed by atoms with Crippen molar-refractivity contribution in [3.8, 4) is 0 Å². The molecule has 0 saturated carbocycles. The van der Waals surface area contributed by atoms with Gasteiger partial charge >= 0.3 is 5.97 Å². The maximum absolute atomic E-state index is 12.3. The zero-order valence-corrected chi connectivity index (χ0v) is 16.8. The van der Waals surface area contributed by atoms with Crippen LogP contribution in [0, 0.1) is 0 Å². The minimum Gasteiger partial charge on any atom is -0.452 e. The molecule has 8 heteroatoms. The van der Waals surface area contributed by atoms with Crippen molar-refractivity contribution in [1.82, 2.24) is 5.32 Å². The zero-order chi connectivity index (χ0) is 21.2. The van der Waals surface area contributed by atoms with E-state index >= 15 is 0 Å². The molecule has 1 aliphatic rings. The normalized spacial score (nSPS) is 13.1. The van der Waals surface area contributed by atoms with Gasteiger partial charge in [-0.25, -0.2) is 4.79 Å². The standard InChI is InChI=1S/C21H27N3O5/c1-14(25)23-18-10-17(11-19(12-18)24-15(2)26)21(28)29-13-20(27)22-9-8-16-6-4-3-5-7-16/h6,10-12H,3-5,7-9,13H2,1-2H3,(H,22,27)(H,23,25)(H,24,26). The van der Waals surface area contributed by atoms with Gasteiger partial charge in [-0.1, -0.05) is 11.6 Å². The van der Waals surface area contributed by atoms with Gasteiger partial charge in [0.1, 0.15) is 0 Å². The molecule has 1 aliphatic carbocycles. The number of rotatable bonds is 8. The number of benzene rings is 1. The van der Waals surface area contributed by atoms with E-state index in [1.807, 2.05) is 0 Å². The maximum Gasteiger partial charge on any atom is 0.338 e. The first-order valence-corrected chi connectivity index (χ1v) is 9.65. The number of carbonyl (C=O) groups excluding carboxylic acids is 4. The summed E-state index contributed by atoms with van der Waals surface area (Å²) >= 11 is 0. The second-order valence-electron chi connectivity index (χ2n) is 6.95. The van der Waals surface area contributed by atoms with Crippen LogP contribution in [-0.2, 0) is 19.1 Å². The first-order valence-electron chi connectivity index (χ1n) is 9.65. The predicted molar refractivity (Wildman–Crippen MR) is 110 cm³/mol. The Kier molecular flexibility index (Phi) is 8.39. The lowest BCUT2D eigenvalue weighted by atomic mass is 9.97. The number of allylic oxidation sites excluding steroid dienone is 1. The molecule has 0 atom stereocenters. The number of nitrogens with one attached hydrogen (secondary N) is 3. The second-order valence-corrected chi connectivity index (χ2v) is 6.95. The number of ether oxygens (including phenoxy) is 1. The Morgan fingerprint density at radius 2 is 1.62 bits per heavy atom. The van der Waals surface area contributed by atoms with Crippen LogP contribution in [0.4, 0.5) is 11.4 Å². The van der Waals surface area contributed by atoms with Crippen LogP contribution in [-0.4, -0.2) is 36.8 Å². The number of hydrogen-bond donors (Lipinski definition) is 3. The number of esters is 1. The highest BCUT2D eigenvalue weighted by atomic mass is 16.5. The fraction of sp³-hybridized carbons (Fsp3) is 0.429. The van der Waals surface area contributed by atoms with E-state index < -0.39 is 12.6 Å². The van der Waals surface area contributed by atoms with Crippen molar-refractivity contribution in [2.24, 2.45) is 0 Å². The first-order chi connectivity index (χ1) is 13.8. The van der Waals surface area contributed by atoms with E-state index in [2.05, 4.69) is 22.0 Å². The summed E-state index contributed by atoms with van der Waals surface area (Å²) in [7, 11) is 0. The van der Waals surface area contributed by atoms with Gasteiger partial charge in [0, 0.05) is 31.8 Å². The van der Waals surface area contributed by atoms with Crippen LogP contribution in [0.15, 0.2) is 29.8 Å². The van der Waals surface area contributed by atoms with Gasteiger partial charge in [-0.3, -0.25) is 14.4 Å². The molecule has 1 aromatic rings. The van der Waals surface area contributed by atoms with Crippen LogP contribution in [0.2, 0.25) is 0 Å². The van der Waals surface area contributed by atoms with Gasteiger partial charge in [-0.2, -0.15) is 0 Å². The van der Waals surface area contributed by atoms with Crippen LogP contribution >= 0.6 is 0 Å². The Hall–Kier alpha value is -3.16. The average Bonchev–Trinajstić information content (AvgIpc) is 2.65. The van der Waals surface area contributed by atoms with E-state index in [0.717, 1.165) is 19.3 Å². The van der Waals surface area contributed by atoms with Crippen LogP contribution in [0.5, 0.6) is 0 Å². The van der Waals surface area contributed by atoms with Crippen molar-refractivity contribution < 1.29 is 23.9 Å². The largest absolute Gasteiger partial charge is 0.452 e. The molecule has 3 amide bonds. The molecule has 2 rings (SSSR count). The number of hydrogen-bond acceptors (Lipinski definition) is 5. The Bertz CT molecular complexity index is 782. The minimum atomic E-state index is -0.728. The van der Waals surface area contributed by atoms with Crippen LogP contribution in [0.3, 0.4) is 0 Å². The fourth-order valence-corrected chi connectivity index (χ4v) is 3.06. The molecular weight excluding hydrogens is 374 g/mol. The highest BCUT2D eigenvalue weighted by molar-refractivity contribution is 5.98. The van der Waals surface area contributed by atoms with Gasteiger partial charge in [0.05, 0.1) is 5.56 Å². The number of carbonyl (C=O) groups is 4. The zero-order valence-electron chi connectivity index (χ0n) is 16.8. The molecule has 0 aliphatic heterocycles. The lowest BCUT2D eigenvalue weighted by molar-refractivity contribution is -0.124. The first kappa shape index (κ1) is 22.1. The molecular formula is C21H27N3O5. The smallest absolute Gasteiger partial charge is 0.338 e. The lowest BCUT2D eigenvalue weighted by Gasteiger charge is -2.13. The van der Waals surface area contributed by atoms with E-state index in [9.17, 15) is 19.2 Å². The average molecular weight is 401 g/mol. The van der Waals surface area contributed by atoms with Crippen molar-refractivity contribution in [1.29, 1.82) is 0 Å². The summed E-state index contributed by atoms with van der Waals surface area (Å²) < 4.78 is 5.06. The van der Waals surface area contributed by atoms with Gasteiger partial charge < -0.3 is 20.7 Å². The van der Waals surface area contributed by atoms with Crippen molar-refractivity contribution in [2.75, 3.05) is 23.8 Å². The molecule has 0 spiro atoms. The van der Waals surface area contributed by atoms with Crippen molar-refractivity contribution >= 4 is 35.1 Å². The highest BCUT2D eigenvalue weighted by Crippen LogP contribution is 2.21. The van der Waals surface area contributed by atoms with Crippen molar-refractivity contribution in [3.05, 3.63) is 35.4 Å². The Morgan fingerprint density at radius 3 is 2.17 bits per heavy atom. The maximum atomic E-state index is 12.3. The molecule has 0 heterocycles. The SMILES string of the molecule is CC(=O)Nc1cc(NC(C)=O)cc(C(=O)OCC(=O)NCCC2=CCCCC2)c1. The van der Waals surface area contributed by atoms with Gasteiger partial charge in [0.25, 0.3) is 5.91 Å². The highest BCUT2D eigenvalue weighted by Gasteiger charge is 2.14. The minimum absolute atomic E-state index is 0.111. The van der Waals surface area contributed by atoms with E-state index in [4.69, 9.17) is 4.74 Å². The molecule has 3 N–H and O–H groups in total.